The molecule has 0 unspecified atom stereocenters. The van der Waals surface area contributed by atoms with Crippen molar-refractivity contribution >= 4 is 5.91 Å². The Morgan fingerprint density at radius 3 is 2.78 bits per heavy atom. The lowest BCUT2D eigenvalue weighted by molar-refractivity contribution is -0.122. The molecular weight excluding hydrogens is 343 g/mol. The maximum Gasteiger partial charge on any atom is 0.221 e. The number of nitrogens with one attached hydrogen (secondary N) is 1. The zero-order valence-electron chi connectivity index (χ0n) is 16.2. The number of amides is 1. The van der Waals surface area contributed by atoms with E-state index in [1.54, 1.807) is 12.1 Å². The van der Waals surface area contributed by atoms with Gasteiger partial charge in [0, 0.05) is 31.6 Å². The highest BCUT2D eigenvalue weighted by atomic mass is 19.1. The summed E-state index contributed by atoms with van der Waals surface area (Å²) in [5, 5.41) is 2.99. The van der Waals surface area contributed by atoms with Gasteiger partial charge in [-0.25, -0.2) is 4.39 Å². The van der Waals surface area contributed by atoms with Crippen molar-refractivity contribution in [3.05, 3.63) is 65.0 Å². The predicted molar refractivity (Wildman–Crippen MR) is 104 cm³/mol. The molecule has 1 heterocycles. The van der Waals surface area contributed by atoms with Crippen LogP contribution in [-0.2, 0) is 11.3 Å². The standard InChI is InChI=1S/C22H27FN2O2/c1-15-4-9-21-19(12-15)14-25(13-16(2)27-21)11-10-22(26)24-17(3)18-5-7-20(23)8-6-18/h4-9,12,16-17H,10-11,13-14H2,1-3H3,(H,24,26)/t16-,17-/m1/s1. The molecule has 0 saturated heterocycles. The zero-order valence-corrected chi connectivity index (χ0v) is 16.2. The number of halogens is 1. The highest BCUT2D eigenvalue weighted by Crippen LogP contribution is 2.26. The Morgan fingerprint density at radius 2 is 2.04 bits per heavy atom. The second kappa shape index (κ2) is 8.53. The molecule has 0 saturated carbocycles. The van der Waals surface area contributed by atoms with E-state index in [9.17, 15) is 9.18 Å². The van der Waals surface area contributed by atoms with Gasteiger partial charge in [0.25, 0.3) is 0 Å². The molecule has 0 bridgehead atoms. The number of hydrogen-bond donors (Lipinski definition) is 1. The van der Waals surface area contributed by atoms with Crippen LogP contribution in [0.15, 0.2) is 42.5 Å². The summed E-state index contributed by atoms with van der Waals surface area (Å²) in [7, 11) is 0. The molecule has 2 aromatic rings. The van der Waals surface area contributed by atoms with Crippen molar-refractivity contribution in [3.8, 4) is 5.75 Å². The van der Waals surface area contributed by atoms with Gasteiger partial charge < -0.3 is 10.1 Å². The molecule has 0 aliphatic carbocycles. The van der Waals surface area contributed by atoms with Crippen LogP contribution in [0.5, 0.6) is 5.75 Å². The van der Waals surface area contributed by atoms with E-state index in [0.29, 0.717) is 13.0 Å². The summed E-state index contributed by atoms with van der Waals surface area (Å²) >= 11 is 0. The molecule has 1 amide bonds. The molecule has 5 heteroatoms. The third-order valence-corrected chi connectivity index (χ3v) is 4.86. The Labute approximate surface area is 160 Å². The van der Waals surface area contributed by atoms with E-state index < -0.39 is 0 Å². The number of benzene rings is 2. The van der Waals surface area contributed by atoms with Crippen molar-refractivity contribution in [1.82, 2.24) is 10.2 Å². The van der Waals surface area contributed by atoms with E-state index in [4.69, 9.17) is 4.74 Å². The Kier molecular flexibility index (Phi) is 6.11. The maximum atomic E-state index is 13.0. The van der Waals surface area contributed by atoms with Crippen molar-refractivity contribution in [1.29, 1.82) is 0 Å². The minimum absolute atomic E-state index is 0.00545. The highest BCUT2D eigenvalue weighted by molar-refractivity contribution is 5.76. The van der Waals surface area contributed by atoms with Gasteiger partial charge in [0.15, 0.2) is 0 Å². The average Bonchev–Trinajstić information content (AvgIpc) is 2.77. The first-order chi connectivity index (χ1) is 12.9. The van der Waals surface area contributed by atoms with Gasteiger partial charge in [0.2, 0.25) is 5.91 Å². The lowest BCUT2D eigenvalue weighted by Gasteiger charge is -2.22. The quantitative estimate of drug-likeness (QED) is 0.865. The number of rotatable bonds is 5. The van der Waals surface area contributed by atoms with Crippen LogP contribution in [0.2, 0.25) is 0 Å². The van der Waals surface area contributed by atoms with E-state index in [0.717, 1.165) is 24.4 Å². The number of carbonyl (C=O) groups is 1. The van der Waals surface area contributed by atoms with Crippen LogP contribution in [0.1, 0.15) is 43.0 Å². The number of hydrogen-bond acceptors (Lipinski definition) is 3. The van der Waals surface area contributed by atoms with Crippen molar-refractivity contribution in [2.24, 2.45) is 0 Å². The smallest absolute Gasteiger partial charge is 0.221 e. The van der Waals surface area contributed by atoms with Gasteiger partial charge in [-0.1, -0.05) is 29.8 Å². The molecule has 0 spiro atoms. The SMILES string of the molecule is Cc1ccc2c(c1)CN(CCC(=O)N[C@H](C)c1ccc(F)cc1)C[C@@H](C)O2. The number of ether oxygens (including phenoxy) is 1. The van der Waals surface area contributed by atoms with Gasteiger partial charge in [-0.3, -0.25) is 9.69 Å². The summed E-state index contributed by atoms with van der Waals surface area (Å²) in [5.41, 5.74) is 3.27. The summed E-state index contributed by atoms with van der Waals surface area (Å²) in [6.45, 7) is 8.27. The van der Waals surface area contributed by atoms with Crippen LogP contribution in [0, 0.1) is 12.7 Å². The molecule has 2 aromatic carbocycles. The highest BCUT2D eigenvalue weighted by Gasteiger charge is 2.21. The molecule has 4 nitrogen and oxygen atoms in total. The molecule has 144 valence electrons. The maximum absolute atomic E-state index is 13.0. The minimum Gasteiger partial charge on any atom is -0.489 e. The third-order valence-electron chi connectivity index (χ3n) is 4.86. The molecule has 3 rings (SSSR count). The van der Waals surface area contributed by atoms with Gasteiger partial charge in [0.05, 0.1) is 6.04 Å². The summed E-state index contributed by atoms with van der Waals surface area (Å²) in [6.07, 6.45) is 0.495. The largest absolute Gasteiger partial charge is 0.489 e. The zero-order chi connectivity index (χ0) is 19.4. The Hall–Kier alpha value is -2.40. The molecule has 27 heavy (non-hydrogen) atoms. The van der Waals surface area contributed by atoms with Crippen LogP contribution in [0.3, 0.4) is 0 Å². The lowest BCUT2D eigenvalue weighted by Crippen LogP contribution is -2.35. The fourth-order valence-electron chi connectivity index (χ4n) is 3.45. The third kappa shape index (κ3) is 5.30. The van der Waals surface area contributed by atoms with Crippen LogP contribution >= 0.6 is 0 Å². The molecule has 1 aliphatic heterocycles. The molecule has 0 fully saturated rings. The number of aryl methyl sites for hydroxylation is 1. The fourth-order valence-corrected chi connectivity index (χ4v) is 3.45. The summed E-state index contributed by atoms with van der Waals surface area (Å²) in [5.74, 6) is 0.657. The summed E-state index contributed by atoms with van der Waals surface area (Å²) in [4.78, 5) is 14.6. The molecular formula is C22H27FN2O2. The minimum atomic E-state index is -0.273. The monoisotopic (exact) mass is 370 g/mol. The van der Waals surface area contributed by atoms with Gasteiger partial charge in [0.1, 0.15) is 17.7 Å². The van der Waals surface area contributed by atoms with Gasteiger partial charge >= 0.3 is 0 Å². The van der Waals surface area contributed by atoms with Crippen molar-refractivity contribution in [3.63, 3.8) is 0 Å². The molecule has 0 radical (unpaired) electrons. The molecule has 1 N–H and O–H groups in total. The number of fused-ring (bicyclic) bond motifs is 1. The number of nitrogens with zero attached hydrogens (tertiary/aromatic N) is 1. The Balaban J connectivity index is 1.55. The van der Waals surface area contributed by atoms with E-state index in [1.807, 2.05) is 13.0 Å². The fraction of sp³-hybridized carbons (Fsp3) is 0.409. The van der Waals surface area contributed by atoms with Crippen LogP contribution in [0.4, 0.5) is 4.39 Å². The van der Waals surface area contributed by atoms with Crippen molar-refractivity contribution < 1.29 is 13.9 Å². The molecule has 0 aromatic heterocycles. The van der Waals surface area contributed by atoms with E-state index in [2.05, 4.69) is 36.2 Å². The Morgan fingerprint density at radius 1 is 1.30 bits per heavy atom. The first-order valence-corrected chi connectivity index (χ1v) is 9.44. The van der Waals surface area contributed by atoms with Gasteiger partial charge in [-0.2, -0.15) is 0 Å². The number of carbonyl (C=O) groups excluding carboxylic acids is 1. The van der Waals surface area contributed by atoms with E-state index in [-0.39, 0.29) is 23.9 Å². The van der Waals surface area contributed by atoms with E-state index in [1.165, 1.54) is 23.3 Å². The van der Waals surface area contributed by atoms with Crippen LogP contribution in [-0.4, -0.2) is 30.0 Å². The van der Waals surface area contributed by atoms with Crippen LogP contribution in [0.25, 0.3) is 0 Å². The van der Waals surface area contributed by atoms with E-state index >= 15 is 0 Å². The molecule has 1 aliphatic rings. The van der Waals surface area contributed by atoms with Crippen LogP contribution < -0.4 is 10.1 Å². The second-order valence-corrected chi connectivity index (χ2v) is 7.37. The van der Waals surface area contributed by atoms with Gasteiger partial charge in [-0.15, -0.1) is 0 Å². The summed E-state index contributed by atoms with van der Waals surface area (Å²) in [6, 6.07) is 12.3. The topological polar surface area (TPSA) is 41.6 Å². The predicted octanol–water partition coefficient (Wildman–Crippen LogP) is 3.98. The first kappa shape index (κ1) is 19.4. The summed E-state index contributed by atoms with van der Waals surface area (Å²) < 4.78 is 19.0. The Bertz CT molecular complexity index is 791. The lowest BCUT2D eigenvalue weighted by atomic mass is 10.1. The normalized spacial score (nSPS) is 18.1. The van der Waals surface area contributed by atoms with Crippen molar-refractivity contribution in [2.45, 2.75) is 45.9 Å². The average molecular weight is 370 g/mol. The van der Waals surface area contributed by atoms with Crippen molar-refractivity contribution in [2.75, 3.05) is 13.1 Å². The molecule has 2 atom stereocenters. The second-order valence-electron chi connectivity index (χ2n) is 7.37. The van der Waals surface area contributed by atoms with Gasteiger partial charge in [-0.05, 0) is 44.5 Å². The first-order valence-electron chi connectivity index (χ1n) is 9.44.